The number of benzene rings is 1. The van der Waals surface area contributed by atoms with Crippen LogP contribution in [0.1, 0.15) is 50.0 Å². The quantitative estimate of drug-likeness (QED) is 0.807. The van der Waals surface area contributed by atoms with Gasteiger partial charge in [-0.2, -0.15) is 0 Å². The van der Waals surface area contributed by atoms with Gasteiger partial charge in [-0.05, 0) is 48.9 Å². The molecule has 0 radical (unpaired) electrons. The number of nitrogens with zero attached hydrogens (tertiary/aromatic N) is 2. The molecule has 2 amide bonds. The molecule has 2 saturated heterocycles. The van der Waals surface area contributed by atoms with E-state index in [4.69, 9.17) is 5.73 Å². The maximum atomic E-state index is 13.1. The van der Waals surface area contributed by atoms with Gasteiger partial charge in [0.25, 0.3) is 5.91 Å². The van der Waals surface area contributed by atoms with Crippen LogP contribution in [-0.2, 0) is 10.2 Å². The van der Waals surface area contributed by atoms with Gasteiger partial charge in [-0.25, -0.2) is 0 Å². The number of likely N-dealkylation sites (tertiary alicyclic amines) is 1. The predicted molar refractivity (Wildman–Crippen MR) is 118 cm³/mol. The van der Waals surface area contributed by atoms with E-state index in [0.717, 1.165) is 6.42 Å². The molecule has 5 nitrogen and oxygen atoms in total. The highest BCUT2D eigenvalue weighted by Gasteiger charge is 2.41. The smallest absolute Gasteiger partial charge is 0.255 e. The van der Waals surface area contributed by atoms with Gasteiger partial charge in [0.05, 0.1) is 5.88 Å². The molecule has 156 valence electrons. The molecule has 0 aliphatic carbocycles. The summed E-state index contributed by atoms with van der Waals surface area (Å²) in [5.74, 6) is 1.62. The van der Waals surface area contributed by atoms with Gasteiger partial charge >= 0.3 is 0 Å². The standard InChI is InChI=1S/C21H31N3O2S.ClH/c1-14-9-15(10-22)11-23(14)20(26)18-12-27-13-24(18)19(25)16-5-7-17(8-6-16)21(2,3)4;/h5-8,14-15,18H,9-13,22H2,1-4H3;1H. The molecule has 0 aromatic heterocycles. The minimum atomic E-state index is -0.372. The number of hydrogen-bond acceptors (Lipinski definition) is 4. The van der Waals surface area contributed by atoms with Crippen LogP contribution < -0.4 is 5.73 Å². The highest BCUT2D eigenvalue weighted by Crippen LogP contribution is 2.29. The summed E-state index contributed by atoms with van der Waals surface area (Å²) in [4.78, 5) is 29.9. The number of rotatable bonds is 3. The summed E-state index contributed by atoms with van der Waals surface area (Å²) in [6, 6.07) is 7.62. The van der Waals surface area contributed by atoms with Crippen molar-refractivity contribution in [3.8, 4) is 0 Å². The summed E-state index contributed by atoms with van der Waals surface area (Å²) in [6.07, 6.45) is 0.949. The van der Waals surface area contributed by atoms with Crippen LogP contribution in [0.15, 0.2) is 24.3 Å². The van der Waals surface area contributed by atoms with Crippen molar-refractivity contribution < 1.29 is 9.59 Å². The minimum absolute atomic E-state index is 0. The summed E-state index contributed by atoms with van der Waals surface area (Å²) in [5.41, 5.74) is 7.70. The highest BCUT2D eigenvalue weighted by atomic mass is 35.5. The second-order valence-electron chi connectivity index (χ2n) is 8.80. The van der Waals surface area contributed by atoms with Gasteiger partial charge in [-0.1, -0.05) is 32.9 Å². The monoisotopic (exact) mass is 425 g/mol. The van der Waals surface area contributed by atoms with E-state index in [9.17, 15) is 9.59 Å². The zero-order valence-electron chi connectivity index (χ0n) is 17.2. The third kappa shape index (κ3) is 4.66. The van der Waals surface area contributed by atoms with Crippen LogP contribution in [0.2, 0.25) is 0 Å². The summed E-state index contributed by atoms with van der Waals surface area (Å²) in [7, 11) is 0. The lowest BCUT2D eigenvalue weighted by Gasteiger charge is -2.30. The van der Waals surface area contributed by atoms with Crippen LogP contribution >= 0.6 is 24.2 Å². The van der Waals surface area contributed by atoms with E-state index in [0.29, 0.717) is 36.2 Å². The van der Waals surface area contributed by atoms with Gasteiger partial charge in [-0.15, -0.1) is 24.2 Å². The maximum Gasteiger partial charge on any atom is 0.255 e. The van der Waals surface area contributed by atoms with Crippen molar-refractivity contribution in [1.29, 1.82) is 0 Å². The molecular weight excluding hydrogens is 394 g/mol. The number of nitrogens with two attached hydrogens (primary N) is 1. The van der Waals surface area contributed by atoms with Crippen molar-refractivity contribution in [2.24, 2.45) is 11.7 Å². The Labute approximate surface area is 178 Å². The van der Waals surface area contributed by atoms with Crippen molar-refractivity contribution in [3.05, 3.63) is 35.4 Å². The Bertz CT molecular complexity index is 705. The Morgan fingerprint density at radius 1 is 1.18 bits per heavy atom. The van der Waals surface area contributed by atoms with Crippen molar-refractivity contribution in [1.82, 2.24) is 9.80 Å². The molecule has 0 spiro atoms. The first-order valence-electron chi connectivity index (χ1n) is 9.72. The van der Waals surface area contributed by atoms with Crippen LogP contribution in [0.4, 0.5) is 0 Å². The van der Waals surface area contributed by atoms with Crippen LogP contribution in [0.25, 0.3) is 0 Å². The first kappa shape index (κ1) is 23.0. The van der Waals surface area contributed by atoms with E-state index in [2.05, 4.69) is 27.7 Å². The molecule has 1 aromatic carbocycles. The fraction of sp³-hybridized carbons (Fsp3) is 0.619. The lowest BCUT2D eigenvalue weighted by atomic mass is 9.86. The van der Waals surface area contributed by atoms with Crippen molar-refractivity contribution in [2.45, 2.75) is 51.6 Å². The lowest BCUT2D eigenvalue weighted by molar-refractivity contribution is -0.135. The number of thioether (sulfide) groups is 1. The van der Waals surface area contributed by atoms with Crippen LogP contribution in [0, 0.1) is 5.92 Å². The molecule has 3 atom stereocenters. The van der Waals surface area contributed by atoms with Crippen LogP contribution in [-0.4, -0.2) is 58.4 Å². The van der Waals surface area contributed by atoms with Crippen molar-refractivity contribution >= 4 is 36.0 Å². The normalized spacial score (nSPS) is 25.0. The molecule has 0 bridgehead atoms. The van der Waals surface area contributed by atoms with Crippen LogP contribution in [0.5, 0.6) is 0 Å². The summed E-state index contributed by atoms with van der Waals surface area (Å²) in [5, 5.41) is 0. The largest absolute Gasteiger partial charge is 0.338 e. The van der Waals surface area contributed by atoms with E-state index in [1.807, 2.05) is 29.2 Å². The number of halogens is 1. The van der Waals surface area contributed by atoms with E-state index in [1.54, 1.807) is 16.7 Å². The average Bonchev–Trinajstić information content (AvgIpc) is 3.26. The first-order chi connectivity index (χ1) is 12.7. The third-order valence-electron chi connectivity index (χ3n) is 5.70. The minimum Gasteiger partial charge on any atom is -0.338 e. The Hall–Kier alpha value is -1.24. The van der Waals surface area contributed by atoms with Gasteiger partial charge in [0, 0.05) is 23.9 Å². The lowest BCUT2D eigenvalue weighted by Crippen LogP contribution is -2.50. The van der Waals surface area contributed by atoms with Gasteiger partial charge in [0.1, 0.15) is 6.04 Å². The van der Waals surface area contributed by atoms with E-state index in [-0.39, 0.29) is 41.7 Å². The fourth-order valence-corrected chi connectivity index (χ4v) is 5.08. The van der Waals surface area contributed by atoms with E-state index >= 15 is 0 Å². The highest BCUT2D eigenvalue weighted by molar-refractivity contribution is 7.99. The topological polar surface area (TPSA) is 66.6 Å². The second-order valence-corrected chi connectivity index (χ2v) is 9.79. The molecule has 2 heterocycles. The predicted octanol–water partition coefficient (Wildman–Crippen LogP) is 3.12. The molecule has 7 heteroatoms. The molecule has 2 aliphatic heterocycles. The van der Waals surface area contributed by atoms with E-state index in [1.165, 1.54) is 5.56 Å². The number of carbonyl (C=O) groups excluding carboxylic acids is 2. The number of amides is 2. The molecule has 1 aromatic rings. The van der Waals surface area contributed by atoms with Gasteiger partial charge < -0.3 is 15.5 Å². The Morgan fingerprint density at radius 2 is 1.82 bits per heavy atom. The number of hydrogen-bond donors (Lipinski definition) is 1. The SMILES string of the molecule is CC1CC(CN)CN1C(=O)C1CSCN1C(=O)c1ccc(C(C)(C)C)cc1.Cl. The average molecular weight is 426 g/mol. The van der Waals surface area contributed by atoms with Gasteiger partial charge in [0.15, 0.2) is 0 Å². The zero-order chi connectivity index (χ0) is 19.8. The molecule has 0 saturated carbocycles. The summed E-state index contributed by atoms with van der Waals surface area (Å²) in [6.45, 7) is 9.85. The second kappa shape index (κ2) is 9.06. The van der Waals surface area contributed by atoms with Gasteiger partial charge in [0.2, 0.25) is 5.91 Å². The van der Waals surface area contributed by atoms with E-state index < -0.39 is 0 Å². The maximum absolute atomic E-state index is 13.1. The zero-order valence-corrected chi connectivity index (χ0v) is 18.8. The fourth-order valence-electron chi connectivity index (χ4n) is 3.94. The molecule has 28 heavy (non-hydrogen) atoms. The Balaban J connectivity index is 0.00000280. The van der Waals surface area contributed by atoms with Gasteiger partial charge in [-0.3, -0.25) is 9.59 Å². The first-order valence-corrected chi connectivity index (χ1v) is 10.9. The van der Waals surface area contributed by atoms with Crippen molar-refractivity contribution in [3.63, 3.8) is 0 Å². The Morgan fingerprint density at radius 3 is 2.36 bits per heavy atom. The molecule has 2 aliphatic rings. The Kier molecular flexibility index (Phi) is 7.45. The molecular formula is C21H32ClN3O2S. The molecule has 2 N–H and O–H groups in total. The summed E-state index contributed by atoms with van der Waals surface area (Å²) >= 11 is 1.65. The van der Waals surface area contributed by atoms with Crippen LogP contribution in [0.3, 0.4) is 0 Å². The molecule has 3 rings (SSSR count). The molecule has 3 unspecified atom stereocenters. The summed E-state index contributed by atoms with van der Waals surface area (Å²) < 4.78 is 0. The third-order valence-corrected chi connectivity index (χ3v) is 6.72. The van der Waals surface area contributed by atoms with Crippen molar-refractivity contribution in [2.75, 3.05) is 24.7 Å². The molecule has 2 fully saturated rings. The number of carbonyl (C=O) groups is 2.